The number of methoxy groups -OCH3 is 1. The van der Waals surface area contributed by atoms with E-state index in [9.17, 15) is 0 Å². The molecule has 0 aromatic carbocycles. The van der Waals surface area contributed by atoms with Crippen LogP contribution in [0, 0.1) is 0 Å². The second kappa shape index (κ2) is 6.02. The molecule has 1 fully saturated rings. The van der Waals surface area contributed by atoms with Crippen molar-refractivity contribution in [1.29, 1.82) is 0 Å². The Morgan fingerprint density at radius 1 is 1.41 bits per heavy atom. The molecule has 1 aliphatic rings. The maximum Gasteiger partial charge on any atom is 0.198 e. The van der Waals surface area contributed by atoms with Crippen LogP contribution in [0.4, 0.5) is 5.82 Å². The maximum atomic E-state index is 5.91. The van der Waals surface area contributed by atoms with Gasteiger partial charge in [0.2, 0.25) is 0 Å². The molecule has 1 aliphatic heterocycles. The van der Waals surface area contributed by atoms with Crippen molar-refractivity contribution in [3.05, 3.63) is 11.5 Å². The third-order valence-electron chi connectivity index (χ3n) is 2.88. The average Bonchev–Trinajstić information content (AvgIpc) is 2.82. The van der Waals surface area contributed by atoms with Crippen molar-refractivity contribution in [2.75, 3.05) is 38.6 Å². The molecule has 0 bridgehead atoms. The van der Waals surface area contributed by atoms with Crippen LogP contribution < -0.4 is 10.1 Å². The molecule has 0 atom stereocenters. The van der Waals surface area contributed by atoms with E-state index in [2.05, 4.69) is 20.2 Å². The summed E-state index contributed by atoms with van der Waals surface area (Å²) < 4.78 is 5.17. The zero-order valence-electron chi connectivity index (χ0n) is 9.95. The highest BCUT2D eigenvalue weighted by molar-refractivity contribution is 6.31. The molecule has 1 N–H and O–H groups in total. The Balaban J connectivity index is 1.87. The zero-order chi connectivity index (χ0) is 12.1. The first kappa shape index (κ1) is 12.4. The quantitative estimate of drug-likeness (QED) is 0.812. The largest absolute Gasteiger partial charge is 0.490 e. The summed E-state index contributed by atoms with van der Waals surface area (Å²) >= 11 is 5.91. The third kappa shape index (κ3) is 3.20. The maximum absolute atomic E-state index is 5.91. The molecule has 94 valence electrons. The van der Waals surface area contributed by atoms with Gasteiger partial charge in [0, 0.05) is 13.1 Å². The predicted octanol–water partition coefficient (Wildman–Crippen LogP) is 1.65. The number of hydrogen-bond acceptors (Lipinski definition) is 5. The van der Waals surface area contributed by atoms with Crippen molar-refractivity contribution in [3.8, 4) is 5.75 Å². The minimum absolute atomic E-state index is 0.339. The Labute approximate surface area is 106 Å². The topological polar surface area (TPSA) is 50.3 Å². The number of anilines is 1. The Hall–Kier alpha value is -1.07. The third-order valence-corrected chi connectivity index (χ3v) is 3.15. The summed E-state index contributed by atoms with van der Waals surface area (Å²) in [5.74, 6) is 1.17. The fraction of sp³-hybridized carbons (Fsp3) is 0.636. The molecule has 2 rings (SSSR count). The molecule has 5 nitrogen and oxygen atoms in total. The molecular weight excluding hydrogens is 240 g/mol. The van der Waals surface area contributed by atoms with Gasteiger partial charge < -0.3 is 15.0 Å². The summed E-state index contributed by atoms with van der Waals surface area (Å²) in [6.07, 6.45) is 4.05. The number of nitrogens with zero attached hydrogens (tertiary/aromatic N) is 3. The van der Waals surface area contributed by atoms with E-state index in [0.717, 1.165) is 13.1 Å². The summed E-state index contributed by atoms with van der Waals surface area (Å²) in [5, 5.41) is 3.57. The van der Waals surface area contributed by atoms with E-state index in [1.807, 2.05) is 0 Å². The molecular formula is C11H17ClN4O. The van der Waals surface area contributed by atoms with Crippen LogP contribution in [0.5, 0.6) is 5.75 Å². The van der Waals surface area contributed by atoms with Crippen LogP contribution in [0.3, 0.4) is 0 Å². The highest BCUT2D eigenvalue weighted by atomic mass is 35.5. The van der Waals surface area contributed by atoms with Crippen molar-refractivity contribution >= 4 is 17.4 Å². The van der Waals surface area contributed by atoms with Crippen LogP contribution >= 0.6 is 11.6 Å². The smallest absolute Gasteiger partial charge is 0.198 e. The van der Waals surface area contributed by atoms with Gasteiger partial charge in [-0.05, 0) is 25.9 Å². The molecule has 0 amide bonds. The Bertz CT molecular complexity index is 368. The number of ether oxygens (including phenoxy) is 1. The van der Waals surface area contributed by atoms with Crippen LogP contribution in [0.25, 0.3) is 0 Å². The summed E-state index contributed by atoms with van der Waals surface area (Å²) in [7, 11) is 1.57. The molecule has 0 spiro atoms. The number of hydrogen-bond donors (Lipinski definition) is 1. The lowest BCUT2D eigenvalue weighted by molar-refractivity contribution is 0.352. The van der Waals surface area contributed by atoms with Crippen molar-refractivity contribution < 1.29 is 4.74 Å². The molecule has 1 saturated heterocycles. The van der Waals surface area contributed by atoms with Gasteiger partial charge in [-0.1, -0.05) is 11.6 Å². The number of aromatic nitrogens is 2. The Morgan fingerprint density at radius 3 is 2.88 bits per heavy atom. The normalized spacial score (nSPS) is 16.1. The van der Waals surface area contributed by atoms with Crippen molar-refractivity contribution in [2.45, 2.75) is 12.8 Å². The fourth-order valence-electron chi connectivity index (χ4n) is 2.00. The Kier molecular flexibility index (Phi) is 4.39. The first-order valence-electron chi connectivity index (χ1n) is 5.82. The molecule has 0 aliphatic carbocycles. The van der Waals surface area contributed by atoms with Gasteiger partial charge in [-0.25, -0.2) is 9.97 Å². The second-order valence-corrected chi connectivity index (χ2v) is 4.38. The summed E-state index contributed by atoms with van der Waals surface area (Å²) in [4.78, 5) is 10.4. The molecule has 17 heavy (non-hydrogen) atoms. The van der Waals surface area contributed by atoms with Gasteiger partial charge in [0.15, 0.2) is 16.7 Å². The number of likely N-dealkylation sites (tertiary alicyclic amines) is 1. The molecule has 2 heterocycles. The lowest BCUT2D eigenvalue weighted by atomic mass is 10.4. The van der Waals surface area contributed by atoms with Gasteiger partial charge in [-0.2, -0.15) is 0 Å². The summed E-state index contributed by atoms with van der Waals surface area (Å²) in [5.41, 5.74) is 0. The van der Waals surface area contributed by atoms with E-state index in [4.69, 9.17) is 16.3 Å². The lowest BCUT2D eigenvalue weighted by Gasteiger charge is -2.16. The minimum atomic E-state index is 0.339. The second-order valence-electron chi connectivity index (χ2n) is 4.02. The standard InChI is InChI=1S/C11H17ClN4O/c1-17-9-10(12)14-8-15-11(9)13-4-7-16-5-2-3-6-16/h8H,2-7H2,1H3,(H,13,14,15). The van der Waals surface area contributed by atoms with Crippen LogP contribution in [-0.4, -0.2) is 48.2 Å². The van der Waals surface area contributed by atoms with Gasteiger partial charge in [0.25, 0.3) is 0 Å². The van der Waals surface area contributed by atoms with Crippen LogP contribution in [0.1, 0.15) is 12.8 Å². The van der Waals surface area contributed by atoms with Crippen LogP contribution in [-0.2, 0) is 0 Å². The van der Waals surface area contributed by atoms with Gasteiger partial charge in [0.05, 0.1) is 7.11 Å². The van der Waals surface area contributed by atoms with Gasteiger partial charge in [0.1, 0.15) is 6.33 Å². The molecule has 1 aromatic heterocycles. The van der Waals surface area contributed by atoms with E-state index in [-0.39, 0.29) is 0 Å². The number of rotatable bonds is 5. The summed E-state index contributed by atoms with van der Waals surface area (Å²) in [6, 6.07) is 0. The van der Waals surface area contributed by atoms with E-state index in [0.29, 0.717) is 16.7 Å². The lowest BCUT2D eigenvalue weighted by Crippen LogP contribution is -2.26. The molecule has 0 unspecified atom stereocenters. The van der Waals surface area contributed by atoms with Crippen LogP contribution in [0.2, 0.25) is 5.15 Å². The highest BCUT2D eigenvalue weighted by Gasteiger charge is 2.12. The van der Waals surface area contributed by atoms with Gasteiger partial charge in [-0.3, -0.25) is 0 Å². The zero-order valence-corrected chi connectivity index (χ0v) is 10.7. The van der Waals surface area contributed by atoms with E-state index in [1.165, 1.54) is 32.3 Å². The average molecular weight is 257 g/mol. The van der Waals surface area contributed by atoms with Crippen molar-refractivity contribution in [2.24, 2.45) is 0 Å². The molecule has 0 radical (unpaired) electrons. The number of halogens is 1. The minimum Gasteiger partial charge on any atom is -0.490 e. The molecule has 1 aromatic rings. The Morgan fingerprint density at radius 2 is 2.18 bits per heavy atom. The predicted molar refractivity (Wildman–Crippen MR) is 67.8 cm³/mol. The molecule has 0 saturated carbocycles. The van der Waals surface area contributed by atoms with Gasteiger partial charge in [-0.15, -0.1) is 0 Å². The first-order chi connectivity index (χ1) is 8.31. The number of nitrogens with one attached hydrogen (secondary N) is 1. The van der Waals surface area contributed by atoms with E-state index in [1.54, 1.807) is 7.11 Å². The van der Waals surface area contributed by atoms with E-state index < -0.39 is 0 Å². The van der Waals surface area contributed by atoms with Crippen molar-refractivity contribution in [3.63, 3.8) is 0 Å². The SMILES string of the molecule is COc1c(Cl)ncnc1NCCN1CCCC1. The monoisotopic (exact) mass is 256 g/mol. The van der Waals surface area contributed by atoms with Crippen LogP contribution in [0.15, 0.2) is 6.33 Å². The first-order valence-corrected chi connectivity index (χ1v) is 6.20. The van der Waals surface area contributed by atoms with Gasteiger partial charge >= 0.3 is 0 Å². The fourth-order valence-corrected chi connectivity index (χ4v) is 2.21. The molecule has 6 heteroatoms. The summed E-state index contributed by atoms with van der Waals surface area (Å²) in [6.45, 7) is 4.25. The van der Waals surface area contributed by atoms with E-state index >= 15 is 0 Å². The van der Waals surface area contributed by atoms with Crippen molar-refractivity contribution in [1.82, 2.24) is 14.9 Å². The highest BCUT2D eigenvalue weighted by Crippen LogP contribution is 2.27.